The summed E-state index contributed by atoms with van der Waals surface area (Å²) in [6.45, 7) is 9.56. The van der Waals surface area contributed by atoms with Gasteiger partial charge in [-0.05, 0) is 56.4 Å². The lowest BCUT2D eigenvalue weighted by molar-refractivity contribution is 0.0965. The third kappa shape index (κ3) is 4.77. The molecule has 1 aliphatic carbocycles. The smallest absolute Gasteiger partial charge is 0.261 e. The van der Waals surface area contributed by atoms with Gasteiger partial charge in [0.25, 0.3) is 5.91 Å². The van der Waals surface area contributed by atoms with Crippen molar-refractivity contribution < 1.29 is 4.79 Å². The Labute approximate surface area is 166 Å². The van der Waals surface area contributed by atoms with Gasteiger partial charge in [-0.2, -0.15) is 0 Å². The first kappa shape index (κ1) is 21.2. The van der Waals surface area contributed by atoms with Crippen LogP contribution in [0.15, 0.2) is 70.9 Å². The van der Waals surface area contributed by atoms with Gasteiger partial charge in [0.1, 0.15) is 5.56 Å². The van der Waals surface area contributed by atoms with E-state index in [0.717, 1.165) is 30.5 Å². The maximum absolute atomic E-state index is 12.9. The van der Waals surface area contributed by atoms with Gasteiger partial charge in [-0.1, -0.05) is 50.0 Å². The summed E-state index contributed by atoms with van der Waals surface area (Å²) >= 11 is 0. The highest BCUT2D eigenvalue weighted by Crippen LogP contribution is 2.26. The number of allylic oxidation sites excluding steroid dienone is 8. The van der Waals surface area contributed by atoms with E-state index in [0.29, 0.717) is 10.6 Å². The summed E-state index contributed by atoms with van der Waals surface area (Å²) in [4.78, 5) is 28.7. The van der Waals surface area contributed by atoms with Crippen molar-refractivity contribution >= 4 is 18.1 Å². The molecule has 2 N–H and O–H groups in total. The summed E-state index contributed by atoms with van der Waals surface area (Å²) < 4.78 is 0. The van der Waals surface area contributed by atoms with Crippen LogP contribution >= 0.6 is 0 Å². The fourth-order valence-electron chi connectivity index (χ4n) is 3.20. The molecule has 0 spiro atoms. The number of aromatic amines is 1. The Balaban J connectivity index is 2.50. The first-order chi connectivity index (χ1) is 13.6. The molecule has 1 heterocycles. The minimum Gasteiger partial charge on any atom is -0.360 e. The van der Waals surface area contributed by atoms with Gasteiger partial charge in [0.2, 0.25) is 5.43 Å². The zero-order valence-electron chi connectivity index (χ0n) is 16.8. The van der Waals surface area contributed by atoms with Gasteiger partial charge in [-0.15, -0.1) is 0 Å². The lowest BCUT2D eigenvalue weighted by atomic mass is 9.92. The maximum Gasteiger partial charge on any atom is 0.261 e. The van der Waals surface area contributed by atoms with E-state index in [2.05, 4.69) is 29.9 Å². The molecule has 4 heteroatoms. The molecular formula is C24H28N2O2. The van der Waals surface area contributed by atoms with E-state index in [9.17, 15) is 9.59 Å². The van der Waals surface area contributed by atoms with Gasteiger partial charge in [0.15, 0.2) is 0 Å². The second kappa shape index (κ2) is 10.3. The summed E-state index contributed by atoms with van der Waals surface area (Å²) in [5.41, 5.74) is 2.83. The summed E-state index contributed by atoms with van der Waals surface area (Å²) in [7, 11) is 0. The number of pyridine rings is 1. The van der Waals surface area contributed by atoms with Crippen molar-refractivity contribution in [1.82, 2.24) is 10.3 Å². The highest BCUT2D eigenvalue weighted by Gasteiger charge is 2.17. The lowest BCUT2D eigenvalue weighted by Gasteiger charge is -2.19. The molecule has 1 aliphatic rings. The quantitative estimate of drug-likeness (QED) is 0.748. The third-order valence-corrected chi connectivity index (χ3v) is 4.65. The Morgan fingerprint density at radius 1 is 1.36 bits per heavy atom. The van der Waals surface area contributed by atoms with Crippen LogP contribution in [0.1, 0.15) is 50.4 Å². The van der Waals surface area contributed by atoms with Crippen LogP contribution in [0.5, 0.6) is 0 Å². The average Bonchev–Trinajstić information content (AvgIpc) is 2.71. The Morgan fingerprint density at radius 2 is 2.14 bits per heavy atom. The molecule has 0 radical (unpaired) electrons. The molecule has 146 valence electrons. The molecule has 2 rings (SSSR count). The van der Waals surface area contributed by atoms with E-state index in [4.69, 9.17) is 0 Å². The van der Waals surface area contributed by atoms with Crippen LogP contribution in [-0.2, 0) is 0 Å². The fraction of sp³-hybridized carbons (Fsp3) is 0.250. The van der Waals surface area contributed by atoms with E-state index in [1.807, 2.05) is 38.2 Å². The minimum absolute atomic E-state index is 0.0833. The van der Waals surface area contributed by atoms with Gasteiger partial charge >= 0.3 is 0 Å². The zero-order chi connectivity index (χ0) is 20.5. The molecule has 0 aliphatic heterocycles. The van der Waals surface area contributed by atoms with Gasteiger partial charge in [-0.25, -0.2) is 0 Å². The molecule has 0 bridgehead atoms. The molecule has 0 saturated carbocycles. The summed E-state index contributed by atoms with van der Waals surface area (Å²) in [6.07, 6.45) is 19.1. The van der Waals surface area contributed by atoms with Gasteiger partial charge in [0, 0.05) is 22.5 Å². The summed E-state index contributed by atoms with van der Waals surface area (Å²) in [5.74, 6) is -0.414. The molecule has 1 aromatic heterocycles. The number of H-pyrrole nitrogens is 1. The van der Waals surface area contributed by atoms with Crippen molar-refractivity contribution in [3.8, 4) is 0 Å². The number of amides is 1. The number of carbonyl (C=O) groups excluding carboxylic acids is 1. The van der Waals surface area contributed by atoms with Crippen molar-refractivity contribution in [2.24, 2.45) is 0 Å². The first-order valence-corrected chi connectivity index (χ1v) is 9.61. The number of carbonyl (C=O) groups is 1. The fourth-order valence-corrected chi connectivity index (χ4v) is 3.20. The van der Waals surface area contributed by atoms with Crippen LogP contribution in [0.3, 0.4) is 0 Å². The van der Waals surface area contributed by atoms with E-state index < -0.39 is 5.91 Å². The van der Waals surface area contributed by atoms with Crippen molar-refractivity contribution in [3.05, 3.63) is 92.4 Å². The zero-order valence-corrected chi connectivity index (χ0v) is 16.8. The lowest BCUT2D eigenvalue weighted by Crippen LogP contribution is -2.45. The predicted molar refractivity (Wildman–Crippen MR) is 117 cm³/mol. The summed E-state index contributed by atoms with van der Waals surface area (Å²) in [5, 5.41) is 4.04. The SMILES string of the molecule is C=C/C=c1/c(=O)c(C(=O)NC2=C(/C(=C/C=C\C)CC)CCC=C2)c[nH]/c1=C/C. The molecule has 0 aromatic carbocycles. The molecule has 0 unspecified atom stereocenters. The van der Waals surface area contributed by atoms with Crippen molar-refractivity contribution in [2.75, 3.05) is 0 Å². The molecule has 0 fully saturated rings. The molecule has 0 saturated heterocycles. The number of hydrogen-bond donors (Lipinski definition) is 2. The molecular weight excluding hydrogens is 348 g/mol. The minimum atomic E-state index is -0.414. The Kier molecular flexibility index (Phi) is 7.76. The second-order valence-corrected chi connectivity index (χ2v) is 6.41. The molecule has 0 atom stereocenters. The maximum atomic E-state index is 12.9. The van der Waals surface area contributed by atoms with Gasteiger partial charge in [0.05, 0.1) is 0 Å². The average molecular weight is 377 g/mol. The highest BCUT2D eigenvalue weighted by atomic mass is 16.2. The van der Waals surface area contributed by atoms with Crippen molar-refractivity contribution in [1.29, 1.82) is 0 Å². The predicted octanol–water partition coefficient (Wildman–Crippen LogP) is 3.39. The Bertz CT molecular complexity index is 1050. The van der Waals surface area contributed by atoms with Crippen LogP contribution in [0.4, 0.5) is 0 Å². The van der Waals surface area contributed by atoms with Crippen LogP contribution in [0.25, 0.3) is 12.2 Å². The third-order valence-electron chi connectivity index (χ3n) is 4.65. The summed E-state index contributed by atoms with van der Waals surface area (Å²) in [6, 6.07) is 0. The standard InChI is InChI=1S/C24H28N2O2/c1-5-9-13-17(7-3)18-14-10-11-15-22(18)26-24(28)20-16-25-21(8-4)19(12-6-2)23(20)27/h5-6,8-9,11-13,15-16,25H,2,7,10,14H2,1,3-4H3,(H,26,28)/b9-5-,17-13+,19-12+,21-8+. The van der Waals surface area contributed by atoms with Crippen LogP contribution in [0.2, 0.25) is 0 Å². The molecule has 1 amide bonds. The monoisotopic (exact) mass is 376 g/mol. The van der Waals surface area contributed by atoms with E-state index in [1.54, 1.807) is 18.2 Å². The molecule has 1 aromatic rings. The van der Waals surface area contributed by atoms with Crippen LogP contribution < -0.4 is 21.3 Å². The Hall–Kier alpha value is -3.14. The Morgan fingerprint density at radius 3 is 2.79 bits per heavy atom. The number of rotatable bonds is 6. The molecule has 4 nitrogen and oxygen atoms in total. The number of hydrogen-bond acceptors (Lipinski definition) is 2. The van der Waals surface area contributed by atoms with E-state index >= 15 is 0 Å². The van der Waals surface area contributed by atoms with E-state index in [1.165, 1.54) is 11.8 Å². The largest absolute Gasteiger partial charge is 0.360 e. The first-order valence-electron chi connectivity index (χ1n) is 9.61. The van der Waals surface area contributed by atoms with Crippen LogP contribution in [-0.4, -0.2) is 10.9 Å². The van der Waals surface area contributed by atoms with Crippen molar-refractivity contribution in [3.63, 3.8) is 0 Å². The highest BCUT2D eigenvalue weighted by molar-refractivity contribution is 5.95. The number of nitrogens with one attached hydrogen (secondary N) is 2. The van der Waals surface area contributed by atoms with Crippen molar-refractivity contribution in [2.45, 2.75) is 40.0 Å². The van der Waals surface area contributed by atoms with E-state index in [-0.39, 0.29) is 11.0 Å². The molecule has 28 heavy (non-hydrogen) atoms. The number of aromatic nitrogens is 1. The normalized spacial score (nSPS) is 16.2. The second-order valence-electron chi connectivity index (χ2n) is 6.41. The van der Waals surface area contributed by atoms with Crippen LogP contribution in [0, 0.1) is 0 Å². The van der Waals surface area contributed by atoms with Gasteiger partial charge in [-0.3, -0.25) is 9.59 Å². The topological polar surface area (TPSA) is 62.0 Å². The van der Waals surface area contributed by atoms with Gasteiger partial charge < -0.3 is 10.3 Å².